The number of hydrogen-bond donors (Lipinski definition) is 1. The zero-order chi connectivity index (χ0) is 15.4. The predicted molar refractivity (Wildman–Crippen MR) is 79.6 cm³/mol. The molecule has 0 aromatic rings. The molecule has 0 bridgehead atoms. The normalized spacial score (nSPS) is 34.0. The number of rotatable bonds is 2. The van der Waals surface area contributed by atoms with Crippen molar-refractivity contribution in [2.75, 3.05) is 6.54 Å². The van der Waals surface area contributed by atoms with Crippen LogP contribution in [0.15, 0.2) is 23.3 Å². The molecule has 1 heterocycles. The summed E-state index contributed by atoms with van der Waals surface area (Å²) in [6.07, 6.45) is 7.23. The molecule has 3 aliphatic rings. The van der Waals surface area contributed by atoms with Crippen LogP contribution >= 0.6 is 0 Å². The molecule has 3 unspecified atom stereocenters. The number of carboxylic acids is 1. The van der Waals surface area contributed by atoms with Gasteiger partial charge in [0.2, 0.25) is 5.91 Å². The molecule has 1 saturated carbocycles. The maximum absolute atomic E-state index is 12.2. The van der Waals surface area contributed by atoms with E-state index in [4.69, 9.17) is 5.11 Å². The summed E-state index contributed by atoms with van der Waals surface area (Å²) < 4.78 is 0. The van der Waals surface area contributed by atoms with Gasteiger partial charge in [-0.3, -0.25) is 9.59 Å². The van der Waals surface area contributed by atoms with Crippen LogP contribution in [0.25, 0.3) is 0 Å². The highest BCUT2D eigenvalue weighted by atomic mass is 16.4. The summed E-state index contributed by atoms with van der Waals surface area (Å²) >= 11 is 0. The number of hydrogen-bond acceptors (Lipinski definition) is 2. The standard InChI is InChI=1S/C17H23NO3/c1-10-4-5-12-11(6-10)7-14-13(17(12,2)3)8-15(19)18(14)9-16(20)21/h6,8,11-12,14H,4-5,7,9H2,1-3H3,(H,20,21). The summed E-state index contributed by atoms with van der Waals surface area (Å²) in [6.45, 7) is 6.41. The van der Waals surface area contributed by atoms with Crippen LogP contribution in [0.2, 0.25) is 0 Å². The Morgan fingerprint density at radius 2 is 2.19 bits per heavy atom. The smallest absolute Gasteiger partial charge is 0.323 e. The van der Waals surface area contributed by atoms with E-state index in [1.54, 1.807) is 6.08 Å². The van der Waals surface area contributed by atoms with Crippen molar-refractivity contribution in [1.29, 1.82) is 0 Å². The minimum Gasteiger partial charge on any atom is -0.480 e. The Morgan fingerprint density at radius 3 is 2.86 bits per heavy atom. The Morgan fingerprint density at radius 1 is 1.48 bits per heavy atom. The second-order valence-electron chi connectivity index (χ2n) is 7.25. The van der Waals surface area contributed by atoms with Crippen molar-refractivity contribution in [2.24, 2.45) is 17.3 Å². The predicted octanol–water partition coefficient (Wildman–Crippen LogP) is 2.61. The van der Waals surface area contributed by atoms with E-state index in [-0.39, 0.29) is 23.9 Å². The maximum atomic E-state index is 12.2. The van der Waals surface area contributed by atoms with Crippen molar-refractivity contribution in [3.05, 3.63) is 23.3 Å². The molecule has 1 fully saturated rings. The lowest BCUT2D eigenvalue weighted by Gasteiger charge is -2.50. The van der Waals surface area contributed by atoms with Crippen LogP contribution in [0.4, 0.5) is 0 Å². The van der Waals surface area contributed by atoms with Gasteiger partial charge in [0.15, 0.2) is 0 Å². The average molecular weight is 289 g/mol. The SMILES string of the molecule is CC1=CC2CC3C(=CC(=O)N3CC(=O)O)C(C)(C)C2CC1. The zero-order valence-corrected chi connectivity index (χ0v) is 12.9. The Kier molecular flexibility index (Phi) is 3.23. The lowest BCUT2D eigenvalue weighted by Crippen LogP contribution is -2.49. The van der Waals surface area contributed by atoms with E-state index in [1.165, 1.54) is 10.5 Å². The molecular weight excluding hydrogens is 266 g/mol. The van der Waals surface area contributed by atoms with Crippen LogP contribution in [-0.4, -0.2) is 34.5 Å². The molecule has 1 N–H and O–H groups in total. The molecule has 3 atom stereocenters. The molecule has 0 saturated heterocycles. The quantitative estimate of drug-likeness (QED) is 0.795. The molecular formula is C17H23NO3. The van der Waals surface area contributed by atoms with Gasteiger partial charge in [-0.15, -0.1) is 0 Å². The van der Waals surface area contributed by atoms with Gasteiger partial charge in [-0.05, 0) is 49.0 Å². The molecule has 4 nitrogen and oxygen atoms in total. The van der Waals surface area contributed by atoms with Gasteiger partial charge in [0.25, 0.3) is 0 Å². The van der Waals surface area contributed by atoms with Crippen molar-refractivity contribution in [1.82, 2.24) is 4.90 Å². The van der Waals surface area contributed by atoms with E-state index >= 15 is 0 Å². The number of carbonyl (C=O) groups is 2. The topological polar surface area (TPSA) is 57.6 Å². The third-order valence-electron chi connectivity index (χ3n) is 5.63. The summed E-state index contributed by atoms with van der Waals surface area (Å²) in [5, 5.41) is 9.06. The first-order chi connectivity index (χ1) is 9.80. The summed E-state index contributed by atoms with van der Waals surface area (Å²) in [4.78, 5) is 24.8. The fraction of sp³-hybridized carbons (Fsp3) is 0.647. The van der Waals surface area contributed by atoms with Crippen molar-refractivity contribution in [3.63, 3.8) is 0 Å². The van der Waals surface area contributed by atoms with Gasteiger partial charge in [0.1, 0.15) is 6.54 Å². The van der Waals surface area contributed by atoms with Crippen molar-refractivity contribution in [3.8, 4) is 0 Å². The minimum absolute atomic E-state index is 0.0340. The molecule has 114 valence electrons. The molecule has 1 aliphatic heterocycles. The second kappa shape index (κ2) is 4.72. The molecule has 3 rings (SSSR count). The maximum Gasteiger partial charge on any atom is 0.323 e. The molecule has 21 heavy (non-hydrogen) atoms. The summed E-state index contributed by atoms with van der Waals surface area (Å²) in [6, 6.07) is -0.0352. The lowest BCUT2D eigenvalue weighted by atomic mass is 9.56. The van der Waals surface area contributed by atoms with Gasteiger partial charge >= 0.3 is 5.97 Å². The highest BCUT2D eigenvalue weighted by molar-refractivity contribution is 5.94. The molecule has 1 amide bonds. The van der Waals surface area contributed by atoms with Crippen molar-refractivity contribution < 1.29 is 14.7 Å². The van der Waals surface area contributed by atoms with Crippen molar-refractivity contribution >= 4 is 11.9 Å². The summed E-state index contributed by atoms with van der Waals surface area (Å²) in [5.41, 5.74) is 2.53. The first-order valence-corrected chi connectivity index (χ1v) is 7.72. The van der Waals surface area contributed by atoms with Crippen LogP contribution in [0.1, 0.15) is 40.0 Å². The number of amides is 1. The molecule has 2 aliphatic carbocycles. The van der Waals surface area contributed by atoms with Gasteiger partial charge in [-0.1, -0.05) is 25.5 Å². The highest BCUT2D eigenvalue weighted by Gasteiger charge is 2.51. The molecule has 0 radical (unpaired) electrons. The number of fused-ring (bicyclic) bond motifs is 2. The number of carboxylic acid groups (broad SMARTS) is 1. The number of allylic oxidation sites excluding steroid dienone is 2. The van der Waals surface area contributed by atoms with E-state index in [9.17, 15) is 9.59 Å². The average Bonchev–Trinajstić information content (AvgIpc) is 2.67. The van der Waals surface area contributed by atoms with Crippen LogP contribution in [-0.2, 0) is 9.59 Å². The summed E-state index contributed by atoms with van der Waals surface area (Å²) in [5.74, 6) is -0.0579. The van der Waals surface area contributed by atoms with Gasteiger partial charge in [0.05, 0.1) is 6.04 Å². The Balaban J connectivity index is 1.96. The molecule has 0 aromatic carbocycles. The fourth-order valence-electron chi connectivity index (χ4n) is 4.60. The van der Waals surface area contributed by atoms with E-state index in [0.29, 0.717) is 11.8 Å². The Labute approximate surface area is 125 Å². The third kappa shape index (κ3) is 2.21. The number of aliphatic carboxylic acids is 1. The monoisotopic (exact) mass is 289 g/mol. The van der Waals surface area contributed by atoms with Gasteiger partial charge in [0, 0.05) is 6.08 Å². The van der Waals surface area contributed by atoms with E-state index in [1.807, 2.05) is 0 Å². The zero-order valence-electron chi connectivity index (χ0n) is 12.9. The van der Waals surface area contributed by atoms with Crippen molar-refractivity contribution in [2.45, 2.75) is 46.1 Å². The largest absolute Gasteiger partial charge is 0.480 e. The van der Waals surface area contributed by atoms with Gasteiger partial charge in [-0.2, -0.15) is 0 Å². The van der Waals surface area contributed by atoms with E-state index in [2.05, 4.69) is 26.8 Å². The Hall–Kier alpha value is -1.58. The number of nitrogens with zero attached hydrogens (tertiary/aromatic N) is 1. The van der Waals surface area contributed by atoms with Crippen LogP contribution < -0.4 is 0 Å². The Bertz CT molecular complexity index is 558. The first-order valence-electron chi connectivity index (χ1n) is 7.72. The molecule has 0 aromatic heterocycles. The fourth-order valence-corrected chi connectivity index (χ4v) is 4.60. The van der Waals surface area contributed by atoms with Crippen LogP contribution in [0.3, 0.4) is 0 Å². The highest BCUT2D eigenvalue weighted by Crippen LogP contribution is 2.54. The second-order valence-corrected chi connectivity index (χ2v) is 7.25. The number of carbonyl (C=O) groups excluding carboxylic acids is 1. The summed E-state index contributed by atoms with van der Waals surface area (Å²) in [7, 11) is 0. The van der Waals surface area contributed by atoms with Gasteiger partial charge in [-0.25, -0.2) is 0 Å². The minimum atomic E-state index is -0.937. The molecule has 0 spiro atoms. The third-order valence-corrected chi connectivity index (χ3v) is 5.63. The van der Waals surface area contributed by atoms with Gasteiger partial charge < -0.3 is 10.0 Å². The van der Waals surface area contributed by atoms with Crippen LogP contribution in [0.5, 0.6) is 0 Å². The van der Waals surface area contributed by atoms with E-state index < -0.39 is 5.97 Å². The van der Waals surface area contributed by atoms with E-state index in [0.717, 1.165) is 24.8 Å². The van der Waals surface area contributed by atoms with Crippen LogP contribution in [0, 0.1) is 17.3 Å². The molecule has 4 heteroatoms. The lowest BCUT2D eigenvalue weighted by molar-refractivity contribution is -0.143. The first kappa shape index (κ1) is 14.4.